The number of ether oxygens (including phenoxy) is 2. The van der Waals surface area contributed by atoms with Crippen LogP contribution in [0.5, 0.6) is 0 Å². The largest absolute Gasteiger partial charge is 0.444 e. The number of likely N-dealkylation sites (tertiary alicyclic amines) is 1. The second kappa shape index (κ2) is 8.34. The van der Waals surface area contributed by atoms with Gasteiger partial charge in [-0.25, -0.2) is 4.79 Å². The number of alkyl carbamates (subject to hydrolysis) is 1. The quantitative estimate of drug-likeness (QED) is 0.862. The molecule has 0 aliphatic carbocycles. The number of carbonyl (C=O) groups is 1. The number of piperidine rings is 1. The summed E-state index contributed by atoms with van der Waals surface area (Å²) >= 11 is 0. The first kappa shape index (κ1) is 18.5. The van der Waals surface area contributed by atoms with E-state index in [1.165, 1.54) is 32.1 Å². The van der Waals surface area contributed by atoms with Crippen LogP contribution in [0.15, 0.2) is 0 Å². The van der Waals surface area contributed by atoms with Gasteiger partial charge >= 0.3 is 6.09 Å². The highest BCUT2D eigenvalue weighted by molar-refractivity contribution is 5.68. The van der Waals surface area contributed by atoms with Gasteiger partial charge in [-0.1, -0.05) is 0 Å². The highest BCUT2D eigenvalue weighted by Crippen LogP contribution is 2.22. The second-order valence-electron chi connectivity index (χ2n) is 8.09. The van der Waals surface area contributed by atoms with E-state index in [4.69, 9.17) is 9.47 Å². The van der Waals surface area contributed by atoms with Gasteiger partial charge in [-0.05, 0) is 72.3 Å². The molecule has 3 unspecified atom stereocenters. The molecule has 2 heterocycles. The molecule has 1 N–H and O–H groups in total. The van der Waals surface area contributed by atoms with Gasteiger partial charge in [0.2, 0.25) is 0 Å². The van der Waals surface area contributed by atoms with Crippen LogP contribution >= 0.6 is 0 Å². The topological polar surface area (TPSA) is 50.8 Å². The van der Waals surface area contributed by atoms with Crippen molar-refractivity contribution in [2.75, 3.05) is 26.2 Å². The van der Waals surface area contributed by atoms with Gasteiger partial charge in [0.15, 0.2) is 0 Å². The van der Waals surface area contributed by atoms with E-state index in [1.807, 2.05) is 20.8 Å². The number of hydrogen-bond donors (Lipinski definition) is 1. The molecule has 0 saturated carbocycles. The Balaban J connectivity index is 1.76. The Kier molecular flexibility index (Phi) is 6.72. The molecule has 2 saturated heterocycles. The maximum absolute atomic E-state index is 11.9. The standard InChI is InChI=1S/C18H34N2O3/c1-14(19-17(21)23-18(2,3)4)15-8-7-10-20(12-15)13-16-9-5-6-11-22-16/h14-16H,5-13H2,1-4H3,(H,19,21). The lowest BCUT2D eigenvalue weighted by atomic mass is 9.91. The summed E-state index contributed by atoms with van der Waals surface area (Å²) in [6.45, 7) is 11.9. The number of nitrogens with zero attached hydrogens (tertiary/aromatic N) is 1. The van der Waals surface area contributed by atoms with E-state index in [0.29, 0.717) is 12.0 Å². The van der Waals surface area contributed by atoms with Gasteiger partial charge in [0.05, 0.1) is 6.10 Å². The normalized spacial score (nSPS) is 28.2. The van der Waals surface area contributed by atoms with Crippen LogP contribution in [-0.2, 0) is 9.47 Å². The SMILES string of the molecule is CC(NC(=O)OC(C)(C)C)C1CCCN(CC2CCCCO2)C1. The fourth-order valence-electron chi connectivity index (χ4n) is 3.52. The maximum atomic E-state index is 11.9. The van der Waals surface area contributed by atoms with Crippen molar-refractivity contribution in [3.63, 3.8) is 0 Å². The molecule has 0 radical (unpaired) electrons. The number of hydrogen-bond acceptors (Lipinski definition) is 4. The first-order chi connectivity index (χ1) is 10.8. The third-order valence-electron chi connectivity index (χ3n) is 4.73. The molecule has 0 aromatic carbocycles. The minimum absolute atomic E-state index is 0.139. The van der Waals surface area contributed by atoms with E-state index < -0.39 is 5.60 Å². The third kappa shape index (κ3) is 6.68. The fraction of sp³-hybridized carbons (Fsp3) is 0.944. The summed E-state index contributed by atoms with van der Waals surface area (Å²) < 4.78 is 11.2. The molecule has 2 aliphatic heterocycles. The molecule has 3 atom stereocenters. The van der Waals surface area contributed by atoms with Gasteiger partial charge in [-0.2, -0.15) is 0 Å². The monoisotopic (exact) mass is 326 g/mol. The van der Waals surface area contributed by atoms with E-state index in [1.54, 1.807) is 0 Å². The van der Waals surface area contributed by atoms with Crippen molar-refractivity contribution in [3.8, 4) is 0 Å². The highest BCUT2D eigenvalue weighted by Gasteiger charge is 2.28. The molecule has 5 heteroatoms. The van der Waals surface area contributed by atoms with E-state index >= 15 is 0 Å². The highest BCUT2D eigenvalue weighted by atomic mass is 16.6. The summed E-state index contributed by atoms with van der Waals surface area (Å²) in [7, 11) is 0. The van der Waals surface area contributed by atoms with E-state index in [0.717, 1.165) is 26.2 Å². The van der Waals surface area contributed by atoms with Gasteiger partial charge < -0.3 is 19.7 Å². The number of carbonyl (C=O) groups excluding carboxylic acids is 1. The molecule has 134 valence electrons. The van der Waals surface area contributed by atoms with Crippen LogP contribution in [0.1, 0.15) is 59.8 Å². The molecule has 2 fully saturated rings. The molecule has 0 spiro atoms. The smallest absolute Gasteiger partial charge is 0.407 e. The Bertz CT molecular complexity index is 375. The minimum atomic E-state index is -0.444. The summed E-state index contributed by atoms with van der Waals surface area (Å²) in [5.74, 6) is 0.486. The Hall–Kier alpha value is -0.810. The van der Waals surface area contributed by atoms with Gasteiger partial charge in [-0.3, -0.25) is 0 Å². The summed E-state index contributed by atoms with van der Waals surface area (Å²) in [4.78, 5) is 14.5. The second-order valence-corrected chi connectivity index (χ2v) is 8.09. The van der Waals surface area contributed by atoms with Crippen molar-refractivity contribution < 1.29 is 14.3 Å². The van der Waals surface area contributed by atoms with Gasteiger partial charge in [0.1, 0.15) is 5.60 Å². The molecule has 5 nitrogen and oxygen atoms in total. The van der Waals surface area contributed by atoms with Crippen LogP contribution in [0.4, 0.5) is 4.79 Å². The predicted molar refractivity (Wildman–Crippen MR) is 91.6 cm³/mol. The number of rotatable bonds is 4. The summed E-state index contributed by atoms with van der Waals surface area (Å²) in [5, 5.41) is 3.01. The molecule has 0 bridgehead atoms. The summed E-state index contributed by atoms with van der Waals surface area (Å²) in [5.41, 5.74) is -0.444. The molecule has 2 aliphatic rings. The Morgan fingerprint density at radius 3 is 2.74 bits per heavy atom. The van der Waals surface area contributed by atoms with Crippen LogP contribution < -0.4 is 5.32 Å². The average molecular weight is 326 g/mol. The average Bonchev–Trinajstić information content (AvgIpc) is 2.46. The first-order valence-electron chi connectivity index (χ1n) is 9.17. The van der Waals surface area contributed by atoms with Crippen molar-refractivity contribution in [3.05, 3.63) is 0 Å². The number of nitrogens with one attached hydrogen (secondary N) is 1. The van der Waals surface area contributed by atoms with Crippen molar-refractivity contribution in [1.82, 2.24) is 10.2 Å². The van der Waals surface area contributed by atoms with E-state index in [2.05, 4.69) is 17.1 Å². The molecule has 0 aromatic rings. The molecule has 1 amide bonds. The number of amides is 1. The zero-order chi connectivity index (χ0) is 16.9. The summed E-state index contributed by atoms with van der Waals surface area (Å²) in [6.07, 6.45) is 6.13. The van der Waals surface area contributed by atoms with Crippen molar-refractivity contribution >= 4 is 6.09 Å². The van der Waals surface area contributed by atoms with E-state index in [9.17, 15) is 4.79 Å². The Morgan fingerprint density at radius 2 is 2.09 bits per heavy atom. The Labute approximate surface area is 141 Å². The van der Waals surface area contributed by atoms with Crippen LogP contribution in [-0.4, -0.2) is 55.0 Å². The van der Waals surface area contributed by atoms with Crippen molar-refractivity contribution in [2.45, 2.75) is 77.5 Å². The Morgan fingerprint density at radius 1 is 1.30 bits per heavy atom. The van der Waals surface area contributed by atoms with Gasteiger partial charge in [-0.15, -0.1) is 0 Å². The zero-order valence-corrected chi connectivity index (χ0v) is 15.3. The third-order valence-corrected chi connectivity index (χ3v) is 4.73. The fourth-order valence-corrected chi connectivity index (χ4v) is 3.52. The van der Waals surface area contributed by atoms with Gasteiger partial charge in [0.25, 0.3) is 0 Å². The molecular weight excluding hydrogens is 292 g/mol. The molecular formula is C18H34N2O3. The van der Waals surface area contributed by atoms with E-state index in [-0.39, 0.29) is 12.1 Å². The summed E-state index contributed by atoms with van der Waals surface area (Å²) in [6, 6.07) is 0.139. The molecule has 2 rings (SSSR count). The van der Waals surface area contributed by atoms with Crippen molar-refractivity contribution in [2.24, 2.45) is 5.92 Å². The van der Waals surface area contributed by atoms with Crippen LogP contribution in [0.25, 0.3) is 0 Å². The lowest BCUT2D eigenvalue weighted by molar-refractivity contribution is -0.0145. The lowest BCUT2D eigenvalue weighted by Crippen LogP contribution is -2.49. The van der Waals surface area contributed by atoms with Crippen LogP contribution in [0, 0.1) is 5.92 Å². The van der Waals surface area contributed by atoms with Crippen LogP contribution in [0.2, 0.25) is 0 Å². The maximum Gasteiger partial charge on any atom is 0.407 e. The molecule has 0 aromatic heterocycles. The zero-order valence-electron chi connectivity index (χ0n) is 15.3. The lowest BCUT2D eigenvalue weighted by Gasteiger charge is -2.38. The first-order valence-corrected chi connectivity index (χ1v) is 9.17. The van der Waals surface area contributed by atoms with Gasteiger partial charge in [0, 0.05) is 25.7 Å². The van der Waals surface area contributed by atoms with Crippen LogP contribution in [0.3, 0.4) is 0 Å². The molecule has 23 heavy (non-hydrogen) atoms. The van der Waals surface area contributed by atoms with Crippen molar-refractivity contribution in [1.29, 1.82) is 0 Å². The minimum Gasteiger partial charge on any atom is -0.444 e. The predicted octanol–water partition coefficient (Wildman–Crippen LogP) is 3.18.